The number of benzene rings is 3. The molecule has 19 heteroatoms. The van der Waals surface area contributed by atoms with Crippen LogP contribution in [0.15, 0.2) is 147 Å². The minimum Gasteiger partial charge on any atom is -0.481 e. The van der Waals surface area contributed by atoms with Gasteiger partial charge in [0.1, 0.15) is 16.9 Å². The van der Waals surface area contributed by atoms with Crippen LogP contribution < -0.4 is 14.9 Å². The Labute approximate surface area is 543 Å². The van der Waals surface area contributed by atoms with Crippen molar-refractivity contribution in [3.8, 4) is 57.7 Å². The van der Waals surface area contributed by atoms with Crippen molar-refractivity contribution in [3.05, 3.63) is 169 Å². The summed E-state index contributed by atoms with van der Waals surface area (Å²) in [4.78, 5) is 47.5. The number of ether oxygens (including phenoxy) is 3. The molecule has 12 aromatic rings. The SMILES string of the molecule is CC(C)(C)n1cnc2ccc(B3OC(C)(C)C(C)(C)O3)cc21.COc1cc(C#Cc2cnc3[nH]cc(-c4ccc5ncn(C(C)(C)C)c5c4)c3c2)ccn1.COc1cc(C#Cc2cnc3c(c2)c(-c2ccc4ncn(C(C)(C)C)c4c2)cn3C(=O)OC(C)(C)C)ccn1. The zero-order valence-corrected chi connectivity index (χ0v) is 56.3. The van der Waals surface area contributed by atoms with E-state index in [4.69, 9.17) is 23.5 Å². The number of nitrogens with one attached hydrogen (secondary N) is 1. The van der Waals surface area contributed by atoms with Crippen molar-refractivity contribution in [2.24, 2.45) is 0 Å². The lowest BCUT2D eigenvalue weighted by Crippen LogP contribution is -2.41. The van der Waals surface area contributed by atoms with Crippen LogP contribution in [0.3, 0.4) is 0 Å². The summed E-state index contributed by atoms with van der Waals surface area (Å²) in [7, 11) is 2.83. The maximum Gasteiger partial charge on any atom is 0.494 e. The van der Waals surface area contributed by atoms with Crippen LogP contribution in [-0.4, -0.2) is 102 Å². The van der Waals surface area contributed by atoms with E-state index in [-0.39, 0.29) is 34.9 Å². The average molecular weight is 1240 g/mol. The van der Waals surface area contributed by atoms with Crippen LogP contribution in [0.2, 0.25) is 0 Å². The molecule has 1 fully saturated rings. The summed E-state index contributed by atoms with van der Waals surface area (Å²) in [6.07, 6.45) is 15.8. The number of pyridine rings is 4. The van der Waals surface area contributed by atoms with Crippen molar-refractivity contribution in [2.75, 3.05) is 14.2 Å². The van der Waals surface area contributed by atoms with Crippen molar-refractivity contribution in [1.29, 1.82) is 0 Å². The third-order valence-electron chi connectivity index (χ3n) is 16.3. The molecule has 0 spiro atoms. The average Bonchev–Trinajstić information content (AvgIpc) is 1.64. The van der Waals surface area contributed by atoms with Gasteiger partial charge in [-0.15, -0.1) is 0 Å². The molecule has 1 saturated heterocycles. The van der Waals surface area contributed by atoms with Gasteiger partial charge in [-0.05, 0) is 188 Å². The fourth-order valence-corrected chi connectivity index (χ4v) is 10.8. The summed E-state index contributed by atoms with van der Waals surface area (Å²) in [6, 6.07) is 30.0. The zero-order valence-electron chi connectivity index (χ0n) is 56.3. The van der Waals surface area contributed by atoms with Crippen LogP contribution in [0.4, 0.5) is 4.79 Å². The van der Waals surface area contributed by atoms with E-state index in [9.17, 15) is 4.79 Å². The van der Waals surface area contributed by atoms with Crippen LogP contribution in [0.1, 0.15) is 133 Å². The van der Waals surface area contributed by atoms with E-state index in [1.807, 2.05) is 94.5 Å². The Bertz CT molecular complexity index is 4920. The molecule has 1 N–H and O–H groups in total. The van der Waals surface area contributed by atoms with E-state index in [0.29, 0.717) is 23.0 Å². The van der Waals surface area contributed by atoms with E-state index >= 15 is 0 Å². The third-order valence-corrected chi connectivity index (χ3v) is 16.3. The number of hydrogen-bond donors (Lipinski definition) is 1. The van der Waals surface area contributed by atoms with E-state index in [1.165, 1.54) is 4.57 Å². The first-order chi connectivity index (χ1) is 43.9. The molecule has 0 unspecified atom stereocenters. The van der Waals surface area contributed by atoms with Crippen LogP contribution in [0, 0.1) is 23.7 Å². The van der Waals surface area contributed by atoms with Crippen molar-refractivity contribution in [1.82, 2.24) is 58.1 Å². The number of imidazole rings is 3. The molecule has 18 nitrogen and oxygen atoms in total. The number of H-pyrrole nitrogens is 1. The monoisotopic (exact) mass is 1240 g/mol. The second-order valence-corrected chi connectivity index (χ2v) is 28.1. The van der Waals surface area contributed by atoms with Crippen molar-refractivity contribution in [2.45, 2.75) is 144 Å². The summed E-state index contributed by atoms with van der Waals surface area (Å²) in [5, 5.41) is 1.83. The molecule has 0 amide bonds. The molecule has 13 rings (SSSR count). The van der Waals surface area contributed by atoms with Gasteiger partial charge < -0.3 is 42.2 Å². The van der Waals surface area contributed by atoms with Gasteiger partial charge in [0.05, 0.1) is 77.5 Å². The number of methoxy groups -OCH3 is 2. The third kappa shape index (κ3) is 13.8. The van der Waals surface area contributed by atoms with Gasteiger partial charge in [0, 0.05) is 110 Å². The van der Waals surface area contributed by atoms with Gasteiger partial charge in [0.25, 0.3) is 0 Å². The standard InChI is InChI=1S/C31H31N5O3.C26H23N5O.C17H25BN2O2/c1-30(2,3)36-19-34-25-11-10-22(16-26(25)36)24-18-35(29(37)39-31(4,5)6)28-23(24)14-21(17-33-28)9-8-20-12-13-32-27(15-20)38-7;1-26(2,3)31-16-30-22-8-7-19(13-23(22)31)21-15-29-25-20(21)11-18(14-28-25)6-5-17-9-10-27-24(12-17)32-4;1-15(2,3)20-11-19-13-9-8-12(10-14(13)20)18-21-16(4,5)17(6,7)22-18/h10-19H,1-7H3;7-16H,1-4H3,(H,28,29);8-11H,1-7H3. The Hall–Kier alpha value is -10.1. The second kappa shape index (κ2) is 24.5. The molecule has 93 heavy (non-hydrogen) atoms. The molecule has 1 aliphatic heterocycles. The van der Waals surface area contributed by atoms with Gasteiger partial charge in [0.2, 0.25) is 11.8 Å². The van der Waals surface area contributed by atoms with Gasteiger partial charge in [0.15, 0.2) is 0 Å². The number of rotatable bonds is 5. The normalized spacial score (nSPS) is 13.8. The highest BCUT2D eigenvalue weighted by Crippen LogP contribution is 2.38. The Balaban J connectivity index is 0.000000148. The fourth-order valence-electron chi connectivity index (χ4n) is 10.8. The maximum atomic E-state index is 13.2. The minimum absolute atomic E-state index is 0.0106. The number of carbonyl (C=O) groups is 1. The summed E-state index contributed by atoms with van der Waals surface area (Å²) in [6.45, 7) is 33.3. The summed E-state index contributed by atoms with van der Waals surface area (Å²) in [5.41, 5.74) is 14.1. The first-order valence-electron chi connectivity index (χ1n) is 30.9. The van der Waals surface area contributed by atoms with Gasteiger partial charge in [-0.25, -0.2) is 44.2 Å². The number of aromatic nitrogens is 12. The van der Waals surface area contributed by atoms with E-state index in [2.05, 4.69) is 204 Å². The molecule has 10 heterocycles. The summed E-state index contributed by atoms with van der Waals surface area (Å²) >= 11 is 0. The molecule has 1 aliphatic rings. The predicted molar refractivity (Wildman–Crippen MR) is 369 cm³/mol. The first-order valence-corrected chi connectivity index (χ1v) is 30.9. The minimum atomic E-state index is -0.650. The Morgan fingerprint density at radius 3 is 1.45 bits per heavy atom. The Morgan fingerprint density at radius 2 is 0.968 bits per heavy atom. The number of hydrogen-bond acceptors (Lipinski definition) is 13. The van der Waals surface area contributed by atoms with Gasteiger partial charge in [-0.1, -0.05) is 41.9 Å². The van der Waals surface area contributed by atoms with E-state index < -0.39 is 11.7 Å². The second-order valence-electron chi connectivity index (χ2n) is 28.1. The number of fused-ring (bicyclic) bond motifs is 5. The topological polar surface area (TPSA) is 189 Å². The Kier molecular flexibility index (Phi) is 17.0. The van der Waals surface area contributed by atoms with Crippen LogP contribution >= 0.6 is 0 Å². The maximum absolute atomic E-state index is 13.2. The van der Waals surface area contributed by atoms with Gasteiger partial charge in [-0.3, -0.25) is 0 Å². The summed E-state index contributed by atoms with van der Waals surface area (Å²) < 4.78 is 36.4. The smallest absolute Gasteiger partial charge is 0.481 e. The molecule has 9 aromatic heterocycles. The van der Waals surface area contributed by atoms with E-state index in [0.717, 1.165) is 93.9 Å². The number of carbonyl (C=O) groups excluding carboxylic acids is 1. The molecule has 3 aromatic carbocycles. The predicted octanol–water partition coefficient (Wildman–Crippen LogP) is 14.6. The van der Waals surface area contributed by atoms with Crippen molar-refractivity contribution >= 4 is 73.8 Å². The molecule has 0 saturated carbocycles. The molecule has 0 atom stereocenters. The van der Waals surface area contributed by atoms with Gasteiger partial charge in [-0.2, -0.15) is 0 Å². The quantitative estimate of drug-likeness (QED) is 0.127. The molecule has 0 aliphatic carbocycles. The van der Waals surface area contributed by atoms with Gasteiger partial charge >= 0.3 is 13.2 Å². The molecular formula is C74H79BN12O6. The molecule has 474 valence electrons. The van der Waals surface area contributed by atoms with Crippen molar-refractivity contribution < 1.29 is 28.3 Å². The molecule has 0 bridgehead atoms. The lowest BCUT2D eigenvalue weighted by Gasteiger charge is -2.32. The highest BCUT2D eigenvalue weighted by atomic mass is 16.7. The lowest BCUT2D eigenvalue weighted by molar-refractivity contribution is 0.00578. The highest BCUT2D eigenvalue weighted by molar-refractivity contribution is 6.62. The number of aromatic amines is 1. The highest BCUT2D eigenvalue weighted by Gasteiger charge is 2.52. The van der Waals surface area contributed by atoms with Crippen molar-refractivity contribution in [3.63, 3.8) is 0 Å². The van der Waals surface area contributed by atoms with Crippen LogP contribution in [0.5, 0.6) is 11.8 Å². The number of nitrogens with zero attached hydrogens (tertiary/aromatic N) is 11. The summed E-state index contributed by atoms with van der Waals surface area (Å²) in [5.74, 6) is 13.7. The first kappa shape index (κ1) is 64.5. The molecule has 0 radical (unpaired) electrons. The van der Waals surface area contributed by atoms with Crippen LogP contribution in [0.25, 0.3) is 77.4 Å². The van der Waals surface area contributed by atoms with E-state index in [1.54, 1.807) is 51.3 Å². The largest absolute Gasteiger partial charge is 0.494 e. The Morgan fingerprint density at radius 1 is 0.516 bits per heavy atom. The fraction of sp³-hybridized carbons (Fsp3) is 0.324. The van der Waals surface area contributed by atoms with Crippen LogP contribution in [-0.2, 0) is 30.7 Å². The molecular weight excluding hydrogens is 1160 g/mol. The lowest BCUT2D eigenvalue weighted by atomic mass is 9.79. The zero-order chi connectivity index (χ0) is 66.6.